The lowest BCUT2D eigenvalue weighted by molar-refractivity contribution is -0.141. The molecule has 94 valence electrons. The molecule has 0 aliphatic rings. The number of carboxylic acid groups (broad SMARTS) is 1. The van der Waals surface area contributed by atoms with Crippen LogP contribution in [0.1, 0.15) is 24.8 Å². The summed E-state index contributed by atoms with van der Waals surface area (Å²) in [6, 6.07) is 2.49. The van der Waals surface area contributed by atoms with Gasteiger partial charge >= 0.3 is 12.0 Å². The van der Waals surface area contributed by atoms with E-state index in [-0.39, 0.29) is 12.1 Å². The molecule has 17 heavy (non-hydrogen) atoms. The highest BCUT2D eigenvalue weighted by atomic mass is 32.1. The minimum atomic E-state index is -1.02. The number of amides is 2. The van der Waals surface area contributed by atoms with Crippen LogP contribution in [0.3, 0.4) is 0 Å². The molecule has 2 amide bonds. The van der Waals surface area contributed by atoms with E-state index in [0.717, 1.165) is 4.88 Å². The normalized spacial score (nSPS) is 13.8. The summed E-state index contributed by atoms with van der Waals surface area (Å²) >= 11 is 1.55. The van der Waals surface area contributed by atoms with Crippen molar-refractivity contribution < 1.29 is 14.7 Å². The maximum absolute atomic E-state index is 11.8. The van der Waals surface area contributed by atoms with Crippen molar-refractivity contribution in [3.05, 3.63) is 22.4 Å². The molecular formula is C11H16N2O3S. The molecule has 5 nitrogen and oxygen atoms in total. The Balaban J connectivity index is 2.57. The Morgan fingerprint density at radius 2 is 2.12 bits per heavy atom. The second kappa shape index (κ2) is 5.67. The van der Waals surface area contributed by atoms with Gasteiger partial charge in [-0.2, -0.15) is 0 Å². The summed E-state index contributed by atoms with van der Waals surface area (Å²) in [5.74, 6) is -1.02. The molecule has 1 heterocycles. The number of carboxylic acids is 1. The number of hydrogen-bond donors (Lipinski definition) is 2. The topological polar surface area (TPSA) is 69.6 Å². The third-order valence-corrected chi connectivity index (χ3v) is 3.62. The summed E-state index contributed by atoms with van der Waals surface area (Å²) < 4.78 is 0. The number of rotatable bonds is 4. The van der Waals surface area contributed by atoms with Gasteiger partial charge in [0.2, 0.25) is 0 Å². The molecule has 0 aliphatic carbocycles. The van der Waals surface area contributed by atoms with Crippen molar-refractivity contribution in [3.63, 3.8) is 0 Å². The van der Waals surface area contributed by atoms with Crippen molar-refractivity contribution in [2.24, 2.45) is 0 Å². The maximum Gasteiger partial charge on any atom is 0.326 e. The standard InChI is InChI=1S/C11H16N2O3S/c1-7(9-5-4-6-17-9)12-11(16)13(3)8(2)10(14)15/h4-8H,1-3H3,(H,12,16)(H,14,15). The van der Waals surface area contributed by atoms with Crippen molar-refractivity contribution >= 4 is 23.3 Å². The van der Waals surface area contributed by atoms with E-state index in [4.69, 9.17) is 5.11 Å². The zero-order valence-corrected chi connectivity index (χ0v) is 10.8. The van der Waals surface area contributed by atoms with E-state index < -0.39 is 12.0 Å². The van der Waals surface area contributed by atoms with Crippen LogP contribution in [0, 0.1) is 0 Å². The smallest absolute Gasteiger partial charge is 0.326 e. The van der Waals surface area contributed by atoms with Crippen LogP contribution in [-0.2, 0) is 4.79 Å². The molecule has 0 aromatic carbocycles. The molecule has 1 aromatic rings. The van der Waals surface area contributed by atoms with Gasteiger partial charge in [-0.05, 0) is 25.3 Å². The van der Waals surface area contributed by atoms with E-state index in [2.05, 4.69) is 5.32 Å². The predicted octanol–water partition coefficient (Wildman–Crippen LogP) is 1.92. The summed E-state index contributed by atoms with van der Waals surface area (Å²) in [5, 5.41) is 13.5. The number of likely N-dealkylation sites (N-methyl/N-ethyl adjacent to an activating group) is 1. The number of nitrogens with one attached hydrogen (secondary N) is 1. The molecule has 2 unspecified atom stereocenters. The van der Waals surface area contributed by atoms with Gasteiger partial charge in [0.15, 0.2) is 0 Å². The second-order valence-corrected chi connectivity index (χ2v) is 4.79. The first-order chi connectivity index (χ1) is 7.93. The molecule has 0 fully saturated rings. The summed E-state index contributed by atoms with van der Waals surface area (Å²) in [4.78, 5) is 24.7. The lowest BCUT2D eigenvalue weighted by atomic mass is 10.2. The fourth-order valence-corrected chi connectivity index (χ4v) is 1.97. The molecule has 0 aliphatic heterocycles. The second-order valence-electron chi connectivity index (χ2n) is 3.81. The van der Waals surface area contributed by atoms with Gasteiger partial charge in [0.1, 0.15) is 6.04 Å². The Morgan fingerprint density at radius 1 is 1.47 bits per heavy atom. The Hall–Kier alpha value is -1.56. The first-order valence-corrected chi connectivity index (χ1v) is 6.11. The first-order valence-electron chi connectivity index (χ1n) is 5.23. The molecule has 1 rings (SSSR count). The third-order valence-electron chi connectivity index (χ3n) is 2.57. The molecule has 6 heteroatoms. The van der Waals surface area contributed by atoms with E-state index in [1.807, 2.05) is 24.4 Å². The van der Waals surface area contributed by atoms with Crippen molar-refractivity contribution in [1.29, 1.82) is 0 Å². The van der Waals surface area contributed by atoms with Gasteiger partial charge in [0.05, 0.1) is 6.04 Å². The number of nitrogens with zero attached hydrogens (tertiary/aromatic N) is 1. The average molecular weight is 256 g/mol. The number of thiophene rings is 1. The van der Waals surface area contributed by atoms with Gasteiger partial charge in [-0.1, -0.05) is 6.07 Å². The van der Waals surface area contributed by atoms with Crippen LogP contribution in [0.15, 0.2) is 17.5 Å². The van der Waals surface area contributed by atoms with Crippen LogP contribution in [0.5, 0.6) is 0 Å². The molecule has 0 saturated heterocycles. The fraction of sp³-hybridized carbons (Fsp3) is 0.455. The zero-order valence-electron chi connectivity index (χ0n) is 10.0. The van der Waals surface area contributed by atoms with Crippen molar-refractivity contribution in [2.45, 2.75) is 25.9 Å². The van der Waals surface area contributed by atoms with E-state index in [1.165, 1.54) is 18.9 Å². The number of hydrogen-bond acceptors (Lipinski definition) is 3. The highest BCUT2D eigenvalue weighted by Gasteiger charge is 2.22. The van der Waals surface area contributed by atoms with Gasteiger partial charge in [-0.15, -0.1) is 11.3 Å². The van der Waals surface area contributed by atoms with E-state index in [9.17, 15) is 9.59 Å². The van der Waals surface area contributed by atoms with Gasteiger partial charge in [0, 0.05) is 11.9 Å². The molecule has 0 bridgehead atoms. The number of carbonyl (C=O) groups excluding carboxylic acids is 1. The predicted molar refractivity (Wildman–Crippen MR) is 66.1 cm³/mol. The zero-order chi connectivity index (χ0) is 13.0. The summed E-state index contributed by atoms with van der Waals surface area (Å²) in [7, 11) is 1.47. The Labute approximate surface area is 104 Å². The Bertz CT molecular complexity index is 391. The molecule has 0 spiro atoms. The van der Waals surface area contributed by atoms with E-state index in [0.29, 0.717) is 0 Å². The molecule has 0 radical (unpaired) electrons. The Kier molecular flexibility index (Phi) is 4.51. The summed E-state index contributed by atoms with van der Waals surface area (Å²) in [6.07, 6.45) is 0. The quantitative estimate of drug-likeness (QED) is 0.864. The van der Waals surface area contributed by atoms with Gasteiger partial charge in [-0.25, -0.2) is 9.59 Å². The largest absolute Gasteiger partial charge is 0.480 e. The molecule has 2 N–H and O–H groups in total. The molecule has 1 aromatic heterocycles. The molecular weight excluding hydrogens is 240 g/mol. The van der Waals surface area contributed by atoms with Crippen LogP contribution in [-0.4, -0.2) is 35.1 Å². The van der Waals surface area contributed by atoms with E-state index in [1.54, 1.807) is 11.3 Å². The van der Waals surface area contributed by atoms with Gasteiger partial charge in [-0.3, -0.25) is 0 Å². The van der Waals surface area contributed by atoms with Crippen molar-refractivity contribution in [3.8, 4) is 0 Å². The maximum atomic E-state index is 11.8. The SMILES string of the molecule is CC(NC(=O)N(C)C(C)C(=O)O)c1cccs1. The van der Waals surface area contributed by atoms with Gasteiger partial charge < -0.3 is 15.3 Å². The summed E-state index contributed by atoms with van der Waals surface area (Å²) in [5.41, 5.74) is 0. The average Bonchev–Trinajstić information content (AvgIpc) is 2.80. The van der Waals surface area contributed by atoms with Crippen molar-refractivity contribution in [1.82, 2.24) is 10.2 Å². The van der Waals surface area contributed by atoms with Crippen LogP contribution >= 0.6 is 11.3 Å². The Morgan fingerprint density at radius 3 is 2.59 bits per heavy atom. The number of carbonyl (C=O) groups is 2. The minimum Gasteiger partial charge on any atom is -0.480 e. The van der Waals surface area contributed by atoms with Gasteiger partial charge in [0.25, 0.3) is 0 Å². The monoisotopic (exact) mass is 256 g/mol. The van der Waals surface area contributed by atoms with E-state index >= 15 is 0 Å². The van der Waals surface area contributed by atoms with Crippen LogP contribution in [0.2, 0.25) is 0 Å². The van der Waals surface area contributed by atoms with Crippen LogP contribution in [0.4, 0.5) is 4.79 Å². The summed E-state index contributed by atoms with van der Waals surface area (Å²) in [6.45, 7) is 3.33. The number of aliphatic carboxylic acids is 1. The van der Waals surface area contributed by atoms with Crippen molar-refractivity contribution in [2.75, 3.05) is 7.05 Å². The highest BCUT2D eigenvalue weighted by Crippen LogP contribution is 2.18. The minimum absolute atomic E-state index is 0.119. The van der Waals surface area contributed by atoms with Crippen LogP contribution < -0.4 is 5.32 Å². The lowest BCUT2D eigenvalue weighted by Gasteiger charge is -2.23. The number of urea groups is 1. The lowest BCUT2D eigenvalue weighted by Crippen LogP contribution is -2.46. The first kappa shape index (κ1) is 13.5. The molecule has 2 atom stereocenters. The van der Waals surface area contributed by atoms with Crippen LogP contribution in [0.25, 0.3) is 0 Å². The fourth-order valence-electron chi connectivity index (χ4n) is 1.24. The molecule has 0 saturated carbocycles. The third kappa shape index (κ3) is 3.45. The highest BCUT2D eigenvalue weighted by molar-refractivity contribution is 7.10.